The van der Waals surface area contributed by atoms with Gasteiger partial charge in [0.1, 0.15) is 0 Å². The number of ether oxygens (including phenoxy) is 1. The summed E-state index contributed by atoms with van der Waals surface area (Å²) in [6.07, 6.45) is -4.75. The van der Waals surface area contributed by atoms with Gasteiger partial charge in [0.25, 0.3) is 5.91 Å². The molecule has 0 saturated heterocycles. The quantitative estimate of drug-likeness (QED) is 0.841. The summed E-state index contributed by atoms with van der Waals surface area (Å²) in [6.45, 7) is 7.86. The molecule has 6 heteroatoms. The molecule has 0 bridgehead atoms. The van der Waals surface area contributed by atoms with Gasteiger partial charge in [-0.2, -0.15) is 13.2 Å². The summed E-state index contributed by atoms with van der Waals surface area (Å²) in [5.74, 6) is -1.17. The molecule has 1 N–H and O–H groups in total. The minimum absolute atomic E-state index is 0.324. The van der Waals surface area contributed by atoms with Crippen molar-refractivity contribution in [3.8, 4) is 0 Å². The molecule has 1 amide bonds. The number of carbonyl (C=O) groups excluding carboxylic acids is 1. The van der Waals surface area contributed by atoms with Crippen molar-refractivity contribution in [3.05, 3.63) is 0 Å². The van der Waals surface area contributed by atoms with Crippen LogP contribution in [0.4, 0.5) is 13.2 Å². The van der Waals surface area contributed by atoms with Crippen LogP contribution in [0.3, 0.4) is 0 Å². The normalized spacial score (nSPS) is 18.4. The molecule has 0 aliphatic carbocycles. The highest BCUT2D eigenvalue weighted by Gasteiger charge is 2.58. The zero-order valence-corrected chi connectivity index (χ0v) is 11.0. The first-order valence-electron chi connectivity index (χ1n) is 5.29. The van der Waals surface area contributed by atoms with Gasteiger partial charge < -0.3 is 10.1 Å². The van der Waals surface area contributed by atoms with Crippen LogP contribution in [0.5, 0.6) is 0 Å². The van der Waals surface area contributed by atoms with Crippen LogP contribution in [0.25, 0.3) is 0 Å². The zero-order valence-electron chi connectivity index (χ0n) is 11.0. The highest BCUT2D eigenvalue weighted by atomic mass is 19.4. The Morgan fingerprint density at radius 1 is 1.18 bits per heavy atom. The number of rotatable bonds is 3. The Morgan fingerprint density at radius 3 is 1.82 bits per heavy atom. The molecule has 0 fully saturated rings. The van der Waals surface area contributed by atoms with Crippen LogP contribution >= 0.6 is 0 Å². The van der Waals surface area contributed by atoms with E-state index in [-0.39, 0.29) is 5.41 Å². The van der Waals surface area contributed by atoms with Gasteiger partial charge in [-0.15, -0.1) is 0 Å². The van der Waals surface area contributed by atoms with Crippen LogP contribution in [0, 0.1) is 5.41 Å². The molecule has 0 rings (SSSR count). The largest absolute Gasteiger partial charge is 0.426 e. The molecule has 17 heavy (non-hydrogen) atoms. The lowest BCUT2D eigenvalue weighted by atomic mass is 9.87. The monoisotopic (exact) mass is 255 g/mol. The van der Waals surface area contributed by atoms with E-state index < -0.39 is 23.7 Å². The second-order valence-corrected chi connectivity index (χ2v) is 5.30. The highest BCUT2D eigenvalue weighted by molar-refractivity contribution is 5.86. The van der Waals surface area contributed by atoms with Crippen molar-refractivity contribution in [1.29, 1.82) is 0 Å². The van der Waals surface area contributed by atoms with E-state index in [0.29, 0.717) is 0 Å². The SMILES string of the molecule is COC(C)(C(=O)NC(C)C(C)(C)C)C(F)(F)F. The minimum Gasteiger partial charge on any atom is -0.361 e. The molecule has 2 atom stereocenters. The lowest BCUT2D eigenvalue weighted by molar-refractivity contribution is -0.254. The van der Waals surface area contributed by atoms with E-state index in [4.69, 9.17) is 0 Å². The Morgan fingerprint density at radius 2 is 1.59 bits per heavy atom. The third-order valence-electron chi connectivity index (χ3n) is 3.03. The maximum Gasteiger partial charge on any atom is 0.426 e. The summed E-state index contributed by atoms with van der Waals surface area (Å²) in [4.78, 5) is 11.6. The Labute approximate surface area is 99.7 Å². The van der Waals surface area contributed by atoms with Gasteiger partial charge in [0.2, 0.25) is 5.60 Å². The minimum atomic E-state index is -4.75. The fourth-order valence-electron chi connectivity index (χ4n) is 0.888. The van der Waals surface area contributed by atoms with Crippen molar-refractivity contribution in [3.63, 3.8) is 0 Å². The molecule has 0 aliphatic heterocycles. The van der Waals surface area contributed by atoms with Gasteiger partial charge in [-0.25, -0.2) is 0 Å². The van der Waals surface area contributed by atoms with Crippen LogP contribution in [-0.2, 0) is 9.53 Å². The molecular formula is C11H20F3NO2. The fourth-order valence-corrected chi connectivity index (χ4v) is 0.888. The van der Waals surface area contributed by atoms with Crippen LogP contribution in [0.15, 0.2) is 0 Å². The lowest BCUT2D eigenvalue weighted by Crippen LogP contribution is -2.59. The fraction of sp³-hybridized carbons (Fsp3) is 0.909. The molecule has 0 aliphatic rings. The predicted octanol–water partition coefficient (Wildman–Crippen LogP) is 2.50. The van der Waals surface area contributed by atoms with Crippen LogP contribution < -0.4 is 5.32 Å². The first-order valence-corrected chi connectivity index (χ1v) is 5.29. The number of alkyl halides is 3. The molecule has 0 radical (unpaired) electrons. The lowest BCUT2D eigenvalue weighted by Gasteiger charge is -2.34. The molecule has 0 heterocycles. The molecule has 0 spiro atoms. The summed E-state index contributed by atoms with van der Waals surface area (Å²) < 4.78 is 42.5. The van der Waals surface area contributed by atoms with E-state index in [1.165, 1.54) is 0 Å². The number of methoxy groups -OCH3 is 1. The van der Waals surface area contributed by atoms with Gasteiger partial charge in [-0.1, -0.05) is 20.8 Å². The van der Waals surface area contributed by atoms with E-state index in [0.717, 1.165) is 14.0 Å². The smallest absolute Gasteiger partial charge is 0.361 e. The van der Waals surface area contributed by atoms with Crippen molar-refractivity contribution in [2.75, 3.05) is 7.11 Å². The van der Waals surface area contributed by atoms with Gasteiger partial charge in [-0.3, -0.25) is 4.79 Å². The van der Waals surface area contributed by atoms with Gasteiger partial charge in [0.05, 0.1) is 0 Å². The third-order valence-corrected chi connectivity index (χ3v) is 3.03. The predicted molar refractivity (Wildman–Crippen MR) is 58.5 cm³/mol. The van der Waals surface area contributed by atoms with E-state index in [2.05, 4.69) is 10.1 Å². The Balaban J connectivity index is 4.93. The molecule has 0 aromatic carbocycles. The number of hydrogen-bond acceptors (Lipinski definition) is 2. The first-order chi connectivity index (χ1) is 7.36. The van der Waals surface area contributed by atoms with E-state index >= 15 is 0 Å². The summed E-state index contributed by atoms with van der Waals surface area (Å²) in [5, 5.41) is 2.33. The molecule has 0 saturated carbocycles. The maximum atomic E-state index is 12.7. The van der Waals surface area contributed by atoms with E-state index in [9.17, 15) is 18.0 Å². The second kappa shape index (κ2) is 4.84. The van der Waals surface area contributed by atoms with Crippen molar-refractivity contribution in [2.45, 2.75) is 52.4 Å². The van der Waals surface area contributed by atoms with Crippen molar-refractivity contribution < 1.29 is 22.7 Å². The van der Waals surface area contributed by atoms with Crippen LogP contribution in [0.2, 0.25) is 0 Å². The molecule has 3 nitrogen and oxygen atoms in total. The third kappa shape index (κ3) is 3.59. The molecular weight excluding hydrogens is 235 g/mol. The van der Waals surface area contributed by atoms with Gasteiger partial charge in [-0.05, 0) is 19.3 Å². The number of amides is 1. The van der Waals surface area contributed by atoms with Gasteiger partial charge in [0.15, 0.2) is 0 Å². The number of carbonyl (C=O) groups is 1. The highest BCUT2D eigenvalue weighted by Crippen LogP contribution is 2.33. The summed E-state index contributed by atoms with van der Waals surface area (Å²) >= 11 is 0. The van der Waals surface area contributed by atoms with E-state index in [1.807, 2.05) is 20.8 Å². The van der Waals surface area contributed by atoms with Crippen LogP contribution in [-0.4, -0.2) is 30.8 Å². The van der Waals surface area contributed by atoms with Crippen molar-refractivity contribution in [2.24, 2.45) is 5.41 Å². The summed E-state index contributed by atoms with van der Waals surface area (Å²) in [5.41, 5.74) is -3.14. The second-order valence-electron chi connectivity index (χ2n) is 5.30. The average molecular weight is 255 g/mol. The van der Waals surface area contributed by atoms with E-state index in [1.54, 1.807) is 6.92 Å². The average Bonchev–Trinajstić information content (AvgIpc) is 2.12. The number of halogens is 3. The topological polar surface area (TPSA) is 38.3 Å². The number of nitrogens with one attached hydrogen (secondary N) is 1. The standard InChI is InChI=1S/C11H20F3NO2/c1-7(9(2,3)4)15-8(16)10(5,17-6)11(12,13)14/h7H,1-6H3,(H,15,16). The Kier molecular flexibility index (Phi) is 4.62. The van der Waals surface area contributed by atoms with Crippen molar-refractivity contribution in [1.82, 2.24) is 5.32 Å². The Bertz CT molecular complexity index is 283. The van der Waals surface area contributed by atoms with Gasteiger partial charge in [0, 0.05) is 13.2 Å². The summed E-state index contributed by atoms with van der Waals surface area (Å²) in [7, 11) is 0.870. The zero-order chi connectivity index (χ0) is 14.1. The van der Waals surface area contributed by atoms with Gasteiger partial charge >= 0.3 is 6.18 Å². The number of hydrogen-bond donors (Lipinski definition) is 1. The first kappa shape index (κ1) is 16.2. The molecule has 102 valence electrons. The Hall–Kier alpha value is -0.780. The van der Waals surface area contributed by atoms with Crippen LogP contribution in [0.1, 0.15) is 34.6 Å². The van der Waals surface area contributed by atoms with Crippen molar-refractivity contribution >= 4 is 5.91 Å². The molecule has 2 unspecified atom stereocenters. The molecule has 0 aromatic rings. The maximum absolute atomic E-state index is 12.7. The summed E-state index contributed by atoms with van der Waals surface area (Å²) in [6, 6.07) is -0.396. The molecule has 0 aromatic heterocycles.